The van der Waals surface area contributed by atoms with Crippen LogP contribution in [0, 0.1) is 6.92 Å². The summed E-state index contributed by atoms with van der Waals surface area (Å²) in [4.78, 5) is 1.20. The van der Waals surface area contributed by atoms with Crippen molar-refractivity contribution in [2.24, 2.45) is 0 Å². The molecule has 1 aromatic carbocycles. The standard InChI is InChI=1S/C14H16BrNO3S2/c1-10-11(8-17)4-3-5-14(10)21(18,19)16(2)7-13-6-12(15)9-20-13/h3-6,9,17H,7-8H2,1-2H3. The number of aliphatic hydroxyl groups is 1. The molecule has 0 spiro atoms. The summed E-state index contributed by atoms with van der Waals surface area (Å²) in [7, 11) is -2.01. The van der Waals surface area contributed by atoms with E-state index in [1.165, 1.54) is 15.6 Å². The van der Waals surface area contributed by atoms with Crippen LogP contribution in [0.15, 0.2) is 39.0 Å². The van der Waals surface area contributed by atoms with Crippen molar-refractivity contribution in [3.05, 3.63) is 50.1 Å². The van der Waals surface area contributed by atoms with Gasteiger partial charge in [-0.3, -0.25) is 0 Å². The van der Waals surface area contributed by atoms with Crippen molar-refractivity contribution in [3.8, 4) is 0 Å². The van der Waals surface area contributed by atoms with Crippen LogP contribution in [0.2, 0.25) is 0 Å². The van der Waals surface area contributed by atoms with Crippen LogP contribution in [-0.2, 0) is 23.2 Å². The van der Waals surface area contributed by atoms with Crippen LogP contribution in [-0.4, -0.2) is 24.9 Å². The van der Waals surface area contributed by atoms with Gasteiger partial charge in [-0.2, -0.15) is 4.31 Å². The van der Waals surface area contributed by atoms with E-state index in [9.17, 15) is 13.5 Å². The average molecular weight is 390 g/mol. The molecule has 0 fully saturated rings. The lowest BCUT2D eigenvalue weighted by atomic mass is 10.1. The number of hydrogen-bond donors (Lipinski definition) is 1. The second-order valence-electron chi connectivity index (χ2n) is 4.69. The SMILES string of the molecule is Cc1c(CO)cccc1S(=O)(=O)N(C)Cc1cc(Br)cs1. The molecule has 0 aliphatic rings. The molecule has 0 unspecified atom stereocenters. The minimum atomic E-state index is -3.58. The lowest BCUT2D eigenvalue weighted by molar-refractivity contribution is 0.280. The van der Waals surface area contributed by atoms with E-state index < -0.39 is 10.0 Å². The van der Waals surface area contributed by atoms with Gasteiger partial charge in [0.2, 0.25) is 10.0 Å². The fourth-order valence-corrected chi connectivity index (χ4v) is 5.02. The quantitative estimate of drug-likeness (QED) is 0.854. The number of halogens is 1. The molecule has 0 saturated carbocycles. The van der Waals surface area contributed by atoms with Gasteiger partial charge in [0, 0.05) is 28.3 Å². The van der Waals surface area contributed by atoms with Crippen molar-refractivity contribution in [1.29, 1.82) is 0 Å². The summed E-state index contributed by atoms with van der Waals surface area (Å²) < 4.78 is 27.6. The number of benzene rings is 1. The molecule has 0 bridgehead atoms. The zero-order chi connectivity index (χ0) is 15.6. The van der Waals surface area contributed by atoms with Gasteiger partial charge in [-0.25, -0.2) is 8.42 Å². The summed E-state index contributed by atoms with van der Waals surface area (Å²) >= 11 is 4.87. The van der Waals surface area contributed by atoms with Crippen LogP contribution in [0.4, 0.5) is 0 Å². The first-order valence-corrected chi connectivity index (χ1v) is 9.36. The third-order valence-corrected chi connectivity index (χ3v) is 6.89. The maximum absolute atomic E-state index is 12.7. The number of rotatable bonds is 5. The molecule has 114 valence electrons. The monoisotopic (exact) mass is 389 g/mol. The predicted octanol–water partition coefficient (Wildman–Crippen LogP) is 3.13. The van der Waals surface area contributed by atoms with E-state index in [1.54, 1.807) is 32.2 Å². The summed E-state index contributed by atoms with van der Waals surface area (Å²) in [5.41, 5.74) is 1.22. The Kier molecular flexibility index (Phi) is 5.21. The molecule has 21 heavy (non-hydrogen) atoms. The summed E-state index contributed by atoms with van der Waals surface area (Å²) in [6.07, 6.45) is 0. The van der Waals surface area contributed by atoms with E-state index in [-0.39, 0.29) is 11.5 Å². The number of nitrogens with zero attached hydrogens (tertiary/aromatic N) is 1. The second kappa shape index (κ2) is 6.58. The Morgan fingerprint density at radius 1 is 1.38 bits per heavy atom. The second-order valence-corrected chi connectivity index (χ2v) is 8.62. The van der Waals surface area contributed by atoms with Gasteiger partial charge in [-0.15, -0.1) is 11.3 Å². The molecule has 1 aromatic heterocycles. The van der Waals surface area contributed by atoms with E-state index in [2.05, 4.69) is 15.9 Å². The minimum absolute atomic E-state index is 0.170. The Morgan fingerprint density at radius 2 is 2.10 bits per heavy atom. The van der Waals surface area contributed by atoms with E-state index in [1.807, 2.05) is 11.4 Å². The van der Waals surface area contributed by atoms with Crippen molar-refractivity contribution < 1.29 is 13.5 Å². The zero-order valence-electron chi connectivity index (χ0n) is 11.7. The van der Waals surface area contributed by atoms with Gasteiger partial charge in [-0.1, -0.05) is 12.1 Å². The van der Waals surface area contributed by atoms with Crippen LogP contribution in [0.3, 0.4) is 0 Å². The van der Waals surface area contributed by atoms with Crippen LogP contribution >= 0.6 is 27.3 Å². The van der Waals surface area contributed by atoms with E-state index in [0.29, 0.717) is 17.7 Å². The highest BCUT2D eigenvalue weighted by Crippen LogP contribution is 2.26. The molecular weight excluding hydrogens is 374 g/mol. The molecule has 0 aliphatic heterocycles. The highest BCUT2D eigenvalue weighted by atomic mass is 79.9. The van der Waals surface area contributed by atoms with E-state index in [0.717, 1.165) is 9.35 Å². The van der Waals surface area contributed by atoms with Crippen LogP contribution in [0.1, 0.15) is 16.0 Å². The molecule has 1 N–H and O–H groups in total. The smallest absolute Gasteiger partial charge is 0.243 e. The summed E-state index contributed by atoms with van der Waals surface area (Å²) in [5.74, 6) is 0. The topological polar surface area (TPSA) is 57.6 Å². The minimum Gasteiger partial charge on any atom is -0.392 e. The van der Waals surface area contributed by atoms with Gasteiger partial charge in [0.15, 0.2) is 0 Å². The van der Waals surface area contributed by atoms with Crippen molar-refractivity contribution in [2.75, 3.05) is 7.05 Å². The Labute approximate surface area is 137 Å². The van der Waals surface area contributed by atoms with E-state index in [4.69, 9.17) is 0 Å². The van der Waals surface area contributed by atoms with Crippen molar-refractivity contribution in [2.45, 2.75) is 25.0 Å². The Bertz CT molecular complexity index is 740. The fourth-order valence-electron chi connectivity index (χ4n) is 2.02. The maximum atomic E-state index is 12.7. The molecule has 0 atom stereocenters. The molecule has 1 heterocycles. The molecule has 0 aliphatic carbocycles. The largest absolute Gasteiger partial charge is 0.392 e. The van der Waals surface area contributed by atoms with Crippen LogP contribution < -0.4 is 0 Å². The molecule has 0 amide bonds. The Hall–Kier alpha value is -0.730. The van der Waals surface area contributed by atoms with Crippen molar-refractivity contribution in [3.63, 3.8) is 0 Å². The van der Waals surface area contributed by atoms with Gasteiger partial charge in [-0.05, 0) is 46.1 Å². The molecule has 2 rings (SSSR count). The van der Waals surface area contributed by atoms with Crippen LogP contribution in [0.25, 0.3) is 0 Å². The molecule has 0 saturated heterocycles. The zero-order valence-corrected chi connectivity index (χ0v) is 14.9. The van der Waals surface area contributed by atoms with Crippen LogP contribution in [0.5, 0.6) is 0 Å². The Morgan fingerprint density at radius 3 is 2.67 bits per heavy atom. The van der Waals surface area contributed by atoms with Crippen molar-refractivity contribution in [1.82, 2.24) is 4.31 Å². The van der Waals surface area contributed by atoms with Crippen molar-refractivity contribution >= 4 is 37.3 Å². The summed E-state index contributed by atoms with van der Waals surface area (Å²) in [5, 5.41) is 11.2. The predicted molar refractivity (Wildman–Crippen MR) is 87.8 cm³/mol. The molecule has 4 nitrogen and oxygen atoms in total. The van der Waals surface area contributed by atoms with Gasteiger partial charge in [0.05, 0.1) is 11.5 Å². The van der Waals surface area contributed by atoms with Gasteiger partial charge in [0.25, 0.3) is 0 Å². The first-order chi connectivity index (χ1) is 9.86. The van der Waals surface area contributed by atoms with E-state index >= 15 is 0 Å². The highest BCUT2D eigenvalue weighted by Gasteiger charge is 2.24. The fraction of sp³-hybridized carbons (Fsp3) is 0.286. The highest BCUT2D eigenvalue weighted by molar-refractivity contribution is 9.10. The summed E-state index contributed by atoms with van der Waals surface area (Å²) in [6.45, 7) is 1.87. The van der Waals surface area contributed by atoms with Gasteiger partial charge in [0.1, 0.15) is 0 Å². The molecule has 7 heteroatoms. The number of hydrogen-bond acceptors (Lipinski definition) is 4. The maximum Gasteiger partial charge on any atom is 0.243 e. The Balaban J connectivity index is 2.33. The van der Waals surface area contributed by atoms with Gasteiger partial charge >= 0.3 is 0 Å². The number of sulfonamides is 1. The third-order valence-electron chi connectivity index (χ3n) is 3.26. The molecule has 2 aromatic rings. The lowest BCUT2D eigenvalue weighted by Crippen LogP contribution is -2.27. The normalized spacial score (nSPS) is 12.0. The molecular formula is C14H16BrNO3S2. The third kappa shape index (κ3) is 3.54. The molecule has 0 radical (unpaired) electrons. The first-order valence-electron chi connectivity index (χ1n) is 6.25. The average Bonchev–Trinajstić information content (AvgIpc) is 2.84. The lowest BCUT2D eigenvalue weighted by Gasteiger charge is -2.18. The number of aliphatic hydroxyl groups excluding tert-OH is 1. The number of thiophene rings is 1. The summed E-state index contributed by atoms with van der Waals surface area (Å²) in [6, 6.07) is 6.87. The first kappa shape index (κ1) is 16.6. The van der Waals surface area contributed by atoms with Gasteiger partial charge < -0.3 is 5.11 Å².